The monoisotopic (exact) mass is 192 g/mol. The summed E-state index contributed by atoms with van der Waals surface area (Å²) in [5.74, 6) is 0.489. The van der Waals surface area contributed by atoms with Gasteiger partial charge in [0, 0.05) is 5.69 Å². The maximum atomic E-state index is 4.65. The molecule has 0 spiro atoms. The predicted molar refractivity (Wildman–Crippen MR) is 60.4 cm³/mol. The van der Waals surface area contributed by atoms with Gasteiger partial charge in [0.25, 0.3) is 0 Å². The van der Waals surface area contributed by atoms with Gasteiger partial charge in [-0.1, -0.05) is 19.9 Å². The number of pyridine rings is 1. The van der Waals surface area contributed by atoms with Crippen LogP contribution in [0.15, 0.2) is 18.2 Å². The Morgan fingerprint density at radius 2 is 1.93 bits per heavy atom. The van der Waals surface area contributed by atoms with Crippen LogP contribution in [0.25, 0.3) is 0 Å². The molecule has 78 valence electrons. The standard InChI is InChI=1S/C12H20N2/c1-9(2)10-7-6-8-11(14-10)12(3,4)13-5/h6-9,13H,1-5H3. The second-order valence-corrected chi connectivity index (χ2v) is 4.48. The van der Waals surface area contributed by atoms with E-state index in [-0.39, 0.29) is 5.54 Å². The average Bonchev–Trinajstić information content (AvgIpc) is 2.18. The first-order chi connectivity index (χ1) is 6.47. The molecule has 0 saturated heterocycles. The summed E-state index contributed by atoms with van der Waals surface area (Å²) < 4.78 is 0. The summed E-state index contributed by atoms with van der Waals surface area (Å²) in [6.45, 7) is 8.61. The van der Waals surface area contributed by atoms with Gasteiger partial charge in [-0.25, -0.2) is 0 Å². The Bertz CT molecular complexity index is 303. The van der Waals surface area contributed by atoms with Crippen molar-refractivity contribution in [2.45, 2.75) is 39.2 Å². The highest BCUT2D eigenvalue weighted by molar-refractivity contribution is 5.19. The SMILES string of the molecule is CNC(C)(C)c1cccc(C(C)C)n1. The second kappa shape index (κ2) is 4.09. The molecule has 1 rings (SSSR count). The molecule has 1 aromatic heterocycles. The minimum atomic E-state index is -0.0507. The molecule has 0 radical (unpaired) electrons. The minimum Gasteiger partial charge on any atom is -0.310 e. The van der Waals surface area contributed by atoms with E-state index in [4.69, 9.17) is 0 Å². The van der Waals surface area contributed by atoms with Gasteiger partial charge in [0.15, 0.2) is 0 Å². The molecule has 0 aliphatic heterocycles. The van der Waals surface area contributed by atoms with Crippen LogP contribution < -0.4 is 5.32 Å². The lowest BCUT2D eigenvalue weighted by atomic mass is 9.99. The lowest BCUT2D eigenvalue weighted by Crippen LogP contribution is -2.34. The molecule has 0 amide bonds. The van der Waals surface area contributed by atoms with E-state index in [0.717, 1.165) is 11.4 Å². The average molecular weight is 192 g/mol. The van der Waals surface area contributed by atoms with E-state index >= 15 is 0 Å². The smallest absolute Gasteiger partial charge is 0.0602 e. The zero-order chi connectivity index (χ0) is 10.8. The van der Waals surface area contributed by atoms with Crippen molar-refractivity contribution in [1.82, 2.24) is 10.3 Å². The highest BCUT2D eigenvalue weighted by Crippen LogP contribution is 2.19. The van der Waals surface area contributed by atoms with Crippen LogP contribution in [0.5, 0.6) is 0 Å². The fraction of sp³-hybridized carbons (Fsp3) is 0.583. The summed E-state index contributed by atoms with van der Waals surface area (Å²) in [5.41, 5.74) is 2.21. The van der Waals surface area contributed by atoms with E-state index in [1.54, 1.807) is 0 Å². The fourth-order valence-electron chi connectivity index (χ4n) is 1.25. The first-order valence-electron chi connectivity index (χ1n) is 5.13. The molecule has 0 unspecified atom stereocenters. The van der Waals surface area contributed by atoms with Gasteiger partial charge in [-0.2, -0.15) is 0 Å². The summed E-state index contributed by atoms with van der Waals surface area (Å²) in [7, 11) is 1.96. The van der Waals surface area contributed by atoms with Crippen molar-refractivity contribution < 1.29 is 0 Å². The van der Waals surface area contributed by atoms with Crippen molar-refractivity contribution in [3.05, 3.63) is 29.6 Å². The number of nitrogens with zero attached hydrogens (tertiary/aromatic N) is 1. The third-order valence-electron chi connectivity index (χ3n) is 2.63. The Kier molecular flexibility index (Phi) is 3.27. The summed E-state index contributed by atoms with van der Waals surface area (Å²) in [6.07, 6.45) is 0. The van der Waals surface area contributed by atoms with Crippen LogP contribution in [0.3, 0.4) is 0 Å². The van der Waals surface area contributed by atoms with Gasteiger partial charge < -0.3 is 5.32 Å². The number of nitrogens with one attached hydrogen (secondary N) is 1. The number of hydrogen-bond acceptors (Lipinski definition) is 2. The van der Waals surface area contributed by atoms with Crippen molar-refractivity contribution in [2.75, 3.05) is 7.05 Å². The van der Waals surface area contributed by atoms with E-state index in [2.05, 4.69) is 56.2 Å². The zero-order valence-corrected chi connectivity index (χ0v) is 9.76. The van der Waals surface area contributed by atoms with Gasteiger partial charge in [0.05, 0.1) is 11.2 Å². The van der Waals surface area contributed by atoms with Crippen LogP contribution in [0.1, 0.15) is 45.0 Å². The number of aromatic nitrogens is 1. The summed E-state index contributed by atoms with van der Waals surface area (Å²) >= 11 is 0. The van der Waals surface area contributed by atoms with Gasteiger partial charge in [-0.3, -0.25) is 4.98 Å². The van der Waals surface area contributed by atoms with Crippen molar-refractivity contribution in [3.8, 4) is 0 Å². The predicted octanol–water partition coefficient (Wildman–Crippen LogP) is 2.66. The number of rotatable bonds is 3. The van der Waals surface area contributed by atoms with E-state index in [0.29, 0.717) is 5.92 Å². The Labute approximate surface area is 86.8 Å². The molecule has 1 heterocycles. The zero-order valence-electron chi connectivity index (χ0n) is 9.76. The highest BCUT2D eigenvalue weighted by Gasteiger charge is 2.19. The topological polar surface area (TPSA) is 24.9 Å². The molecule has 14 heavy (non-hydrogen) atoms. The second-order valence-electron chi connectivity index (χ2n) is 4.48. The number of hydrogen-bond donors (Lipinski definition) is 1. The van der Waals surface area contributed by atoms with Crippen LogP contribution in [-0.2, 0) is 5.54 Å². The third-order valence-corrected chi connectivity index (χ3v) is 2.63. The molecular formula is C12H20N2. The van der Waals surface area contributed by atoms with E-state index < -0.39 is 0 Å². The van der Waals surface area contributed by atoms with Crippen molar-refractivity contribution >= 4 is 0 Å². The molecule has 0 aromatic carbocycles. The van der Waals surface area contributed by atoms with Gasteiger partial charge in [-0.05, 0) is 38.9 Å². The largest absolute Gasteiger partial charge is 0.310 e. The maximum absolute atomic E-state index is 4.65. The molecule has 1 N–H and O–H groups in total. The first-order valence-corrected chi connectivity index (χ1v) is 5.13. The molecule has 0 fully saturated rings. The Morgan fingerprint density at radius 1 is 1.29 bits per heavy atom. The summed E-state index contributed by atoms with van der Waals surface area (Å²) in [6, 6.07) is 6.24. The van der Waals surface area contributed by atoms with Crippen LogP contribution in [0, 0.1) is 0 Å². The van der Waals surface area contributed by atoms with Crippen LogP contribution in [-0.4, -0.2) is 12.0 Å². The normalized spacial score (nSPS) is 12.1. The molecule has 0 bridgehead atoms. The van der Waals surface area contributed by atoms with Crippen LogP contribution in [0.2, 0.25) is 0 Å². The van der Waals surface area contributed by atoms with Gasteiger partial charge in [0.1, 0.15) is 0 Å². The molecular weight excluding hydrogens is 172 g/mol. The maximum Gasteiger partial charge on any atom is 0.0602 e. The van der Waals surface area contributed by atoms with Gasteiger partial charge >= 0.3 is 0 Å². The summed E-state index contributed by atoms with van der Waals surface area (Å²) in [4.78, 5) is 4.65. The van der Waals surface area contributed by atoms with Crippen molar-refractivity contribution in [1.29, 1.82) is 0 Å². The highest BCUT2D eigenvalue weighted by atomic mass is 15.0. The van der Waals surface area contributed by atoms with E-state index in [1.165, 1.54) is 0 Å². The lowest BCUT2D eigenvalue weighted by Gasteiger charge is -2.24. The fourth-order valence-corrected chi connectivity index (χ4v) is 1.25. The molecule has 1 aromatic rings. The van der Waals surface area contributed by atoms with Crippen LogP contribution in [0.4, 0.5) is 0 Å². The molecule has 0 aliphatic rings. The Morgan fingerprint density at radius 3 is 2.43 bits per heavy atom. The van der Waals surface area contributed by atoms with Crippen molar-refractivity contribution in [2.24, 2.45) is 0 Å². The quantitative estimate of drug-likeness (QED) is 0.796. The third kappa shape index (κ3) is 2.32. The van der Waals surface area contributed by atoms with Gasteiger partial charge in [0.2, 0.25) is 0 Å². The Balaban J connectivity index is 3.05. The molecule has 0 aliphatic carbocycles. The molecule has 2 heteroatoms. The van der Waals surface area contributed by atoms with E-state index in [9.17, 15) is 0 Å². The molecule has 0 atom stereocenters. The van der Waals surface area contributed by atoms with Gasteiger partial charge in [-0.15, -0.1) is 0 Å². The van der Waals surface area contributed by atoms with Crippen LogP contribution >= 0.6 is 0 Å². The first kappa shape index (κ1) is 11.2. The minimum absolute atomic E-state index is 0.0507. The van der Waals surface area contributed by atoms with E-state index in [1.807, 2.05) is 7.05 Å². The Hall–Kier alpha value is -0.890. The lowest BCUT2D eigenvalue weighted by molar-refractivity contribution is 0.429. The summed E-state index contributed by atoms with van der Waals surface area (Å²) in [5, 5.41) is 3.26. The molecule has 2 nitrogen and oxygen atoms in total. The van der Waals surface area contributed by atoms with Crippen molar-refractivity contribution in [3.63, 3.8) is 0 Å². The molecule has 0 saturated carbocycles.